The van der Waals surface area contributed by atoms with Crippen LogP contribution in [0.5, 0.6) is 5.88 Å². The topological polar surface area (TPSA) is 142 Å². The van der Waals surface area contributed by atoms with Crippen LogP contribution in [0.4, 0.5) is 22.0 Å². The lowest BCUT2D eigenvalue weighted by atomic mass is 10.1. The Morgan fingerprint density at radius 3 is 2.71 bits per heavy atom. The van der Waals surface area contributed by atoms with Gasteiger partial charge in [0.15, 0.2) is 0 Å². The fourth-order valence-corrected chi connectivity index (χ4v) is 4.09. The molecule has 2 aromatic rings. The molecule has 1 aromatic heterocycles. The van der Waals surface area contributed by atoms with E-state index in [4.69, 9.17) is 27.2 Å². The quantitative estimate of drug-likeness (QED) is 0.717. The number of nitrogens with zero attached hydrogens (tertiary/aromatic N) is 5. The molecule has 1 fully saturated rings. The standard InChI is InChI=1S/C19H19ClN6O5/c1-10-6-11(25-4-5-31-17-14(18(25)29)16(21)22-9-23-17)7-12(20)15(10)26-3-2-24(19(26)30)8-13(27)28/h6-7,9H,2-5,8H2,1H3,(H,27,28)(H2,21,22,23). The lowest BCUT2D eigenvalue weighted by Crippen LogP contribution is -2.36. The van der Waals surface area contributed by atoms with Crippen LogP contribution in [0.3, 0.4) is 0 Å². The first-order valence-corrected chi connectivity index (χ1v) is 9.79. The molecule has 2 aliphatic heterocycles. The summed E-state index contributed by atoms with van der Waals surface area (Å²) < 4.78 is 5.54. The van der Waals surface area contributed by atoms with Crippen LogP contribution in [0.1, 0.15) is 15.9 Å². The van der Waals surface area contributed by atoms with E-state index in [9.17, 15) is 14.4 Å². The van der Waals surface area contributed by atoms with Crippen molar-refractivity contribution in [1.29, 1.82) is 0 Å². The van der Waals surface area contributed by atoms with Gasteiger partial charge in [0.05, 0.1) is 17.3 Å². The Labute approximate surface area is 182 Å². The van der Waals surface area contributed by atoms with E-state index in [1.165, 1.54) is 21.0 Å². The van der Waals surface area contributed by atoms with Gasteiger partial charge < -0.3 is 25.4 Å². The summed E-state index contributed by atoms with van der Waals surface area (Å²) >= 11 is 6.53. The highest BCUT2D eigenvalue weighted by Crippen LogP contribution is 2.37. The second-order valence-corrected chi connectivity index (χ2v) is 7.49. The number of rotatable bonds is 4. The summed E-state index contributed by atoms with van der Waals surface area (Å²) in [7, 11) is 0. The maximum absolute atomic E-state index is 13.1. The van der Waals surface area contributed by atoms with Gasteiger partial charge in [0, 0.05) is 18.8 Å². The molecule has 3 heterocycles. The van der Waals surface area contributed by atoms with E-state index in [1.54, 1.807) is 19.1 Å². The monoisotopic (exact) mass is 446 g/mol. The Kier molecular flexibility index (Phi) is 5.27. The highest BCUT2D eigenvalue weighted by Gasteiger charge is 2.34. The SMILES string of the molecule is Cc1cc(N2CCOc3ncnc(N)c3C2=O)cc(Cl)c1N1CCN(CC(=O)O)C1=O. The van der Waals surface area contributed by atoms with E-state index in [0.717, 1.165) is 0 Å². The summed E-state index contributed by atoms with van der Waals surface area (Å²) in [4.78, 5) is 48.7. The number of carbonyl (C=O) groups excluding carboxylic acids is 2. The molecular weight excluding hydrogens is 428 g/mol. The lowest BCUT2D eigenvalue weighted by Gasteiger charge is -2.25. The number of nitrogens with two attached hydrogens (primary N) is 1. The maximum atomic E-state index is 13.1. The average Bonchev–Trinajstić information content (AvgIpc) is 2.93. The fourth-order valence-electron chi connectivity index (χ4n) is 3.73. The van der Waals surface area contributed by atoms with Gasteiger partial charge in [-0.05, 0) is 24.6 Å². The normalized spacial score (nSPS) is 16.3. The van der Waals surface area contributed by atoms with Crippen molar-refractivity contribution in [3.63, 3.8) is 0 Å². The van der Waals surface area contributed by atoms with Crippen LogP contribution in [0.15, 0.2) is 18.5 Å². The molecule has 1 saturated heterocycles. The molecule has 162 valence electrons. The number of carbonyl (C=O) groups is 3. The number of urea groups is 1. The molecule has 0 saturated carbocycles. The molecule has 4 rings (SSSR count). The summed E-state index contributed by atoms with van der Waals surface area (Å²) in [6, 6.07) is 2.88. The van der Waals surface area contributed by atoms with Gasteiger partial charge in [-0.3, -0.25) is 14.5 Å². The van der Waals surface area contributed by atoms with Crippen molar-refractivity contribution in [2.75, 3.05) is 48.3 Å². The third-order valence-electron chi connectivity index (χ3n) is 5.10. The summed E-state index contributed by atoms with van der Waals surface area (Å²) in [5.41, 5.74) is 7.59. The zero-order valence-electron chi connectivity index (χ0n) is 16.5. The third-order valence-corrected chi connectivity index (χ3v) is 5.38. The molecule has 3 N–H and O–H groups in total. The molecular formula is C19H19ClN6O5. The highest BCUT2D eigenvalue weighted by atomic mass is 35.5. The molecule has 0 spiro atoms. The summed E-state index contributed by atoms with van der Waals surface area (Å²) in [6.45, 7) is 2.41. The Hall–Kier alpha value is -3.60. The molecule has 2 aliphatic rings. The highest BCUT2D eigenvalue weighted by molar-refractivity contribution is 6.34. The Morgan fingerprint density at radius 2 is 2.00 bits per heavy atom. The number of hydrogen-bond donors (Lipinski definition) is 2. The van der Waals surface area contributed by atoms with Crippen molar-refractivity contribution < 1.29 is 24.2 Å². The number of aromatic nitrogens is 2. The van der Waals surface area contributed by atoms with Gasteiger partial charge in [-0.1, -0.05) is 11.6 Å². The fraction of sp³-hybridized carbons (Fsp3) is 0.316. The largest absolute Gasteiger partial charge is 0.480 e. The first-order chi connectivity index (χ1) is 14.8. The number of anilines is 3. The van der Waals surface area contributed by atoms with Crippen molar-refractivity contribution in [1.82, 2.24) is 14.9 Å². The molecule has 0 unspecified atom stereocenters. The van der Waals surface area contributed by atoms with Gasteiger partial charge in [-0.2, -0.15) is 0 Å². The van der Waals surface area contributed by atoms with Crippen molar-refractivity contribution in [3.05, 3.63) is 34.6 Å². The van der Waals surface area contributed by atoms with E-state index in [2.05, 4.69) is 9.97 Å². The van der Waals surface area contributed by atoms with Crippen LogP contribution in [-0.4, -0.2) is 70.7 Å². The van der Waals surface area contributed by atoms with Crippen LogP contribution < -0.4 is 20.3 Å². The molecule has 3 amide bonds. The van der Waals surface area contributed by atoms with Crippen molar-refractivity contribution in [2.45, 2.75) is 6.92 Å². The van der Waals surface area contributed by atoms with E-state index < -0.39 is 17.9 Å². The minimum absolute atomic E-state index is 0.0162. The molecule has 31 heavy (non-hydrogen) atoms. The number of nitrogen functional groups attached to an aromatic ring is 1. The maximum Gasteiger partial charge on any atom is 0.325 e. The Balaban J connectivity index is 1.67. The Morgan fingerprint density at radius 1 is 1.23 bits per heavy atom. The van der Waals surface area contributed by atoms with Gasteiger partial charge in [0.2, 0.25) is 5.88 Å². The minimum Gasteiger partial charge on any atom is -0.480 e. The van der Waals surface area contributed by atoms with Crippen molar-refractivity contribution in [3.8, 4) is 5.88 Å². The minimum atomic E-state index is -1.08. The van der Waals surface area contributed by atoms with Crippen LogP contribution in [0, 0.1) is 6.92 Å². The lowest BCUT2D eigenvalue weighted by molar-refractivity contribution is -0.137. The van der Waals surface area contributed by atoms with Crippen LogP contribution >= 0.6 is 11.6 Å². The van der Waals surface area contributed by atoms with Gasteiger partial charge in [0.25, 0.3) is 5.91 Å². The summed E-state index contributed by atoms with van der Waals surface area (Å²) in [5.74, 6) is -1.36. The summed E-state index contributed by atoms with van der Waals surface area (Å²) in [5, 5.41) is 9.23. The molecule has 0 aliphatic carbocycles. The molecule has 0 radical (unpaired) electrons. The number of ether oxygens (including phenoxy) is 1. The predicted octanol–water partition coefficient (Wildman–Crippen LogP) is 1.39. The number of halogens is 1. The molecule has 1 aromatic carbocycles. The van der Waals surface area contributed by atoms with E-state index in [-0.39, 0.29) is 48.5 Å². The number of carboxylic acid groups (broad SMARTS) is 1. The number of aryl methyl sites for hydroxylation is 1. The van der Waals surface area contributed by atoms with Crippen molar-refractivity contribution in [2.24, 2.45) is 0 Å². The third kappa shape index (κ3) is 3.67. The van der Waals surface area contributed by atoms with Crippen molar-refractivity contribution >= 4 is 46.7 Å². The Bertz CT molecular complexity index is 1070. The first kappa shape index (κ1) is 20.7. The van der Waals surface area contributed by atoms with Crippen LogP contribution in [0.2, 0.25) is 5.02 Å². The zero-order chi connectivity index (χ0) is 22.3. The van der Waals surface area contributed by atoms with Gasteiger partial charge in [-0.15, -0.1) is 0 Å². The molecule has 11 nitrogen and oxygen atoms in total. The van der Waals surface area contributed by atoms with Gasteiger partial charge in [0.1, 0.15) is 30.9 Å². The summed E-state index contributed by atoms with van der Waals surface area (Å²) in [6.07, 6.45) is 1.23. The second-order valence-electron chi connectivity index (χ2n) is 7.09. The van der Waals surface area contributed by atoms with Gasteiger partial charge >= 0.3 is 12.0 Å². The van der Waals surface area contributed by atoms with E-state index in [1.807, 2.05) is 0 Å². The van der Waals surface area contributed by atoms with E-state index >= 15 is 0 Å². The van der Waals surface area contributed by atoms with Gasteiger partial charge in [-0.25, -0.2) is 14.8 Å². The van der Waals surface area contributed by atoms with Crippen LogP contribution in [-0.2, 0) is 4.79 Å². The number of amides is 3. The number of benzene rings is 1. The molecule has 0 bridgehead atoms. The smallest absolute Gasteiger partial charge is 0.325 e. The second kappa shape index (κ2) is 7.91. The zero-order valence-corrected chi connectivity index (χ0v) is 17.3. The predicted molar refractivity (Wildman–Crippen MR) is 112 cm³/mol. The molecule has 0 atom stereocenters. The number of hydrogen-bond acceptors (Lipinski definition) is 7. The number of fused-ring (bicyclic) bond motifs is 1. The molecule has 12 heteroatoms. The number of aliphatic carboxylic acids is 1. The average molecular weight is 447 g/mol. The van der Waals surface area contributed by atoms with E-state index in [0.29, 0.717) is 23.5 Å². The number of carboxylic acids is 1. The van der Waals surface area contributed by atoms with Crippen LogP contribution in [0.25, 0.3) is 0 Å². The first-order valence-electron chi connectivity index (χ1n) is 9.41.